The van der Waals surface area contributed by atoms with E-state index in [1.54, 1.807) is 6.20 Å². The summed E-state index contributed by atoms with van der Waals surface area (Å²) in [5, 5.41) is 18.5. The summed E-state index contributed by atoms with van der Waals surface area (Å²) in [4.78, 5) is 17.9. The van der Waals surface area contributed by atoms with Crippen LogP contribution in [-0.2, 0) is 0 Å². The average Bonchev–Trinajstić information content (AvgIpc) is 3.24. The Bertz CT molecular complexity index is 1170. The van der Waals surface area contributed by atoms with Gasteiger partial charge in [-0.1, -0.05) is 60.7 Å². The van der Waals surface area contributed by atoms with Crippen LogP contribution in [0.25, 0.3) is 22.3 Å². The fourth-order valence-corrected chi connectivity index (χ4v) is 3.60. The second-order valence-corrected chi connectivity index (χ2v) is 7.81. The highest BCUT2D eigenvalue weighted by molar-refractivity contribution is 6.06. The van der Waals surface area contributed by atoms with E-state index in [2.05, 4.69) is 10.4 Å². The first-order valence-corrected chi connectivity index (χ1v) is 10.5. The maximum Gasteiger partial charge on any atom is 0.252 e. The first-order chi connectivity index (χ1) is 15.0. The summed E-state index contributed by atoms with van der Waals surface area (Å²) < 4.78 is 1.83. The van der Waals surface area contributed by atoms with Gasteiger partial charge in [-0.05, 0) is 31.9 Å². The topological polar surface area (TPSA) is 80.0 Å². The van der Waals surface area contributed by atoms with Crippen LogP contribution in [0.1, 0.15) is 48.3 Å². The molecular formula is C25H26N4O2. The van der Waals surface area contributed by atoms with Crippen molar-refractivity contribution in [3.05, 3.63) is 84.1 Å². The summed E-state index contributed by atoms with van der Waals surface area (Å²) in [5.74, 6) is -0.201. The second-order valence-electron chi connectivity index (χ2n) is 7.81. The lowest BCUT2D eigenvalue weighted by Crippen LogP contribution is -2.26. The fraction of sp³-hybridized carbons (Fsp3) is 0.240. The molecule has 31 heavy (non-hydrogen) atoms. The van der Waals surface area contributed by atoms with Gasteiger partial charge in [0.25, 0.3) is 5.91 Å². The highest BCUT2D eigenvalue weighted by atomic mass is 16.3. The molecule has 6 heteroatoms. The molecule has 2 heterocycles. The van der Waals surface area contributed by atoms with Gasteiger partial charge in [-0.25, -0.2) is 9.67 Å². The van der Waals surface area contributed by atoms with Gasteiger partial charge < -0.3 is 10.4 Å². The maximum absolute atomic E-state index is 13.1. The zero-order valence-electron chi connectivity index (χ0n) is 17.7. The molecule has 0 saturated heterocycles. The van der Waals surface area contributed by atoms with Crippen molar-refractivity contribution in [2.24, 2.45) is 0 Å². The van der Waals surface area contributed by atoms with E-state index in [9.17, 15) is 9.90 Å². The molecule has 0 spiro atoms. The predicted molar refractivity (Wildman–Crippen MR) is 122 cm³/mol. The Morgan fingerprint density at radius 2 is 1.74 bits per heavy atom. The molecule has 0 unspecified atom stereocenters. The number of nitrogens with zero attached hydrogens (tertiary/aromatic N) is 3. The number of pyridine rings is 1. The van der Waals surface area contributed by atoms with Crippen molar-refractivity contribution in [3.63, 3.8) is 0 Å². The zero-order chi connectivity index (χ0) is 21.8. The number of aromatic nitrogens is 3. The standard InChI is InChI=1S/C25H26N4O2/c1-17(2)29-24-21(16-27-29)20(15-22(28-24)18-9-5-3-6-10-18)25(31)26-14-13-23(30)19-11-7-4-8-12-19/h3-12,15-17,23,30H,13-14H2,1-2H3,(H,26,31)/t23-/m1/s1. The van der Waals surface area contributed by atoms with E-state index >= 15 is 0 Å². The van der Waals surface area contributed by atoms with Crippen LogP contribution in [-0.4, -0.2) is 32.3 Å². The van der Waals surface area contributed by atoms with Crippen molar-refractivity contribution in [3.8, 4) is 11.3 Å². The van der Waals surface area contributed by atoms with Gasteiger partial charge in [0.05, 0.1) is 28.9 Å². The van der Waals surface area contributed by atoms with E-state index in [0.29, 0.717) is 24.2 Å². The number of carbonyl (C=O) groups excluding carboxylic acids is 1. The smallest absolute Gasteiger partial charge is 0.252 e. The third-order valence-corrected chi connectivity index (χ3v) is 5.26. The molecule has 0 radical (unpaired) electrons. The van der Waals surface area contributed by atoms with Gasteiger partial charge in [0, 0.05) is 18.2 Å². The number of aliphatic hydroxyl groups excluding tert-OH is 1. The monoisotopic (exact) mass is 414 g/mol. The second kappa shape index (κ2) is 9.10. The van der Waals surface area contributed by atoms with Gasteiger partial charge in [-0.3, -0.25) is 4.79 Å². The van der Waals surface area contributed by atoms with Crippen molar-refractivity contribution in [2.45, 2.75) is 32.4 Å². The van der Waals surface area contributed by atoms with E-state index in [4.69, 9.17) is 4.98 Å². The number of benzene rings is 2. The van der Waals surface area contributed by atoms with Crippen molar-refractivity contribution in [1.82, 2.24) is 20.1 Å². The predicted octanol–water partition coefficient (Wildman–Crippen LogP) is 4.53. The van der Waals surface area contributed by atoms with Crippen molar-refractivity contribution < 1.29 is 9.90 Å². The molecule has 6 nitrogen and oxygen atoms in total. The Balaban J connectivity index is 1.60. The van der Waals surface area contributed by atoms with Gasteiger partial charge in [-0.15, -0.1) is 0 Å². The molecule has 0 fully saturated rings. The number of nitrogens with one attached hydrogen (secondary N) is 1. The molecule has 158 valence electrons. The van der Waals surface area contributed by atoms with Crippen LogP contribution in [0, 0.1) is 0 Å². The van der Waals surface area contributed by atoms with Crippen LogP contribution < -0.4 is 5.32 Å². The molecule has 1 atom stereocenters. The van der Waals surface area contributed by atoms with E-state index in [1.165, 1.54) is 0 Å². The van der Waals surface area contributed by atoms with Gasteiger partial charge in [0.15, 0.2) is 5.65 Å². The summed E-state index contributed by atoms with van der Waals surface area (Å²) in [5.41, 5.74) is 3.72. The third-order valence-electron chi connectivity index (χ3n) is 5.26. The highest BCUT2D eigenvalue weighted by Crippen LogP contribution is 2.26. The SMILES string of the molecule is CC(C)n1ncc2c(C(=O)NCC[C@@H](O)c3ccccc3)cc(-c3ccccc3)nc21. The minimum absolute atomic E-state index is 0.118. The number of aliphatic hydroxyl groups is 1. The Morgan fingerprint density at radius 1 is 1.06 bits per heavy atom. The Hall–Kier alpha value is -3.51. The number of amides is 1. The normalized spacial score (nSPS) is 12.3. The van der Waals surface area contributed by atoms with Crippen LogP contribution in [0.15, 0.2) is 72.9 Å². The zero-order valence-corrected chi connectivity index (χ0v) is 17.7. The lowest BCUT2D eigenvalue weighted by atomic mass is 10.1. The molecule has 0 aliphatic heterocycles. The molecule has 0 aliphatic carbocycles. The molecule has 0 bridgehead atoms. The minimum Gasteiger partial charge on any atom is -0.388 e. The van der Waals surface area contributed by atoms with E-state index in [1.807, 2.05) is 85.3 Å². The van der Waals surface area contributed by atoms with Crippen molar-refractivity contribution >= 4 is 16.9 Å². The quantitative estimate of drug-likeness (QED) is 0.466. The van der Waals surface area contributed by atoms with Crippen LogP contribution in [0.5, 0.6) is 0 Å². The largest absolute Gasteiger partial charge is 0.388 e. The molecule has 4 rings (SSSR count). The molecule has 2 aromatic carbocycles. The Labute approximate surface area is 181 Å². The number of rotatable bonds is 7. The van der Waals surface area contributed by atoms with E-state index < -0.39 is 6.10 Å². The van der Waals surface area contributed by atoms with Gasteiger partial charge in [0.2, 0.25) is 0 Å². The number of carbonyl (C=O) groups is 1. The first-order valence-electron chi connectivity index (χ1n) is 10.5. The highest BCUT2D eigenvalue weighted by Gasteiger charge is 2.18. The van der Waals surface area contributed by atoms with Crippen LogP contribution in [0.4, 0.5) is 0 Å². The molecule has 4 aromatic rings. The summed E-state index contributed by atoms with van der Waals surface area (Å²) in [6.07, 6.45) is 1.51. The number of fused-ring (bicyclic) bond motifs is 1. The number of hydrogen-bond acceptors (Lipinski definition) is 4. The third kappa shape index (κ3) is 4.49. The summed E-state index contributed by atoms with van der Waals surface area (Å²) in [6, 6.07) is 21.2. The molecule has 0 saturated carbocycles. The molecule has 2 N–H and O–H groups in total. The summed E-state index contributed by atoms with van der Waals surface area (Å²) in [6.45, 7) is 4.43. The Morgan fingerprint density at radius 3 is 2.42 bits per heavy atom. The van der Waals surface area contributed by atoms with E-state index in [0.717, 1.165) is 22.2 Å². The lowest BCUT2D eigenvalue weighted by Gasteiger charge is -2.13. The van der Waals surface area contributed by atoms with Crippen LogP contribution in [0.2, 0.25) is 0 Å². The molecule has 0 aliphatic rings. The molecule has 1 amide bonds. The van der Waals surface area contributed by atoms with Gasteiger partial charge in [-0.2, -0.15) is 5.10 Å². The van der Waals surface area contributed by atoms with Gasteiger partial charge >= 0.3 is 0 Å². The summed E-state index contributed by atoms with van der Waals surface area (Å²) >= 11 is 0. The minimum atomic E-state index is -0.623. The molecule has 2 aromatic heterocycles. The van der Waals surface area contributed by atoms with Crippen molar-refractivity contribution in [2.75, 3.05) is 6.54 Å². The number of hydrogen-bond donors (Lipinski definition) is 2. The summed E-state index contributed by atoms with van der Waals surface area (Å²) in [7, 11) is 0. The van der Waals surface area contributed by atoms with E-state index in [-0.39, 0.29) is 11.9 Å². The molecular weight excluding hydrogens is 388 g/mol. The first kappa shape index (κ1) is 20.8. The van der Waals surface area contributed by atoms with Gasteiger partial charge in [0.1, 0.15) is 0 Å². The van der Waals surface area contributed by atoms with Crippen LogP contribution >= 0.6 is 0 Å². The maximum atomic E-state index is 13.1. The van der Waals surface area contributed by atoms with Crippen LogP contribution in [0.3, 0.4) is 0 Å². The Kier molecular flexibility index (Phi) is 6.09. The average molecular weight is 415 g/mol. The fourth-order valence-electron chi connectivity index (χ4n) is 3.60. The van der Waals surface area contributed by atoms with Crippen molar-refractivity contribution in [1.29, 1.82) is 0 Å². The lowest BCUT2D eigenvalue weighted by molar-refractivity contribution is 0.0944.